The summed E-state index contributed by atoms with van der Waals surface area (Å²) in [4.78, 5) is 1.12. The minimum absolute atomic E-state index is 0.538. The summed E-state index contributed by atoms with van der Waals surface area (Å²) in [6.07, 6.45) is 0. The van der Waals surface area contributed by atoms with Crippen molar-refractivity contribution in [2.45, 2.75) is 11.0 Å². The summed E-state index contributed by atoms with van der Waals surface area (Å²) in [6, 6.07) is 17.9. The Balaban J connectivity index is 1.53. The molecule has 0 atom stereocenters. The van der Waals surface area contributed by atoms with E-state index in [4.69, 9.17) is 16.0 Å². The van der Waals surface area contributed by atoms with Crippen molar-refractivity contribution >= 4 is 44.8 Å². The number of thiophene rings is 1. The summed E-state index contributed by atoms with van der Waals surface area (Å²) in [6.45, 7) is 0. The second-order valence-electron chi connectivity index (χ2n) is 4.86. The monoisotopic (exact) mass is 358 g/mol. The molecule has 2 heterocycles. The Bertz CT molecular complexity index is 950. The summed E-state index contributed by atoms with van der Waals surface area (Å²) in [5.41, 5.74) is 0.923. The van der Waals surface area contributed by atoms with Crippen LogP contribution >= 0.6 is 34.7 Å². The normalized spacial score (nSPS) is 11.2. The van der Waals surface area contributed by atoms with Crippen LogP contribution in [0.2, 0.25) is 5.02 Å². The molecule has 0 unspecified atom stereocenters. The Morgan fingerprint density at radius 3 is 2.61 bits per heavy atom. The summed E-state index contributed by atoms with van der Waals surface area (Å²) in [5.74, 6) is 1.25. The molecule has 0 spiro atoms. The van der Waals surface area contributed by atoms with Crippen molar-refractivity contribution in [3.63, 3.8) is 0 Å². The van der Waals surface area contributed by atoms with Gasteiger partial charge in [-0.1, -0.05) is 59.8 Å². The molecule has 0 aliphatic rings. The van der Waals surface area contributed by atoms with Crippen LogP contribution in [0.3, 0.4) is 0 Å². The van der Waals surface area contributed by atoms with Crippen LogP contribution in [0.25, 0.3) is 21.5 Å². The van der Waals surface area contributed by atoms with Gasteiger partial charge in [0.15, 0.2) is 0 Å². The van der Waals surface area contributed by atoms with Crippen LogP contribution < -0.4 is 0 Å². The van der Waals surface area contributed by atoms with Gasteiger partial charge in [-0.15, -0.1) is 21.5 Å². The lowest BCUT2D eigenvalue weighted by molar-refractivity contribution is 0.466. The van der Waals surface area contributed by atoms with Crippen LogP contribution in [-0.4, -0.2) is 10.2 Å². The van der Waals surface area contributed by atoms with Gasteiger partial charge in [-0.25, -0.2) is 0 Å². The second-order valence-corrected chi connectivity index (χ2v) is 7.30. The summed E-state index contributed by atoms with van der Waals surface area (Å²) >= 11 is 9.66. The average Bonchev–Trinajstić information content (AvgIpc) is 3.19. The fourth-order valence-corrected chi connectivity index (χ4v) is 4.67. The SMILES string of the molecule is Clc1c(CSc2nnc(-c3ccccc3)o2)sc2ccccc12. The van der Waals surface area contributed by atoms with Crippen LogP contribution in [0.15, 0.2) is 64.2 Å². The van der Waals surface area contributed by atoms with E-state index >= 15 is 0 Å². The number of thioether (sulfide) groups is 1. The van der Waals surface area contributed by atoms with Crippen LogP contribution in [0.5, 0.6) is 0 Å². The van der Waals surface area contributed by atoms with E-state index < -0.39 is 0 Å². The molecule has 4 rings (SSSR count). The third-order valence-electron chi connectivity index (χ3n) is 3.36. The fraction of sp³-hybridized carbons (Fsp3) is 0.0588. The van der Waals surface area contributed by atoms with Gasteiger partial charge in [0.2, 0.25) is 5.89 Å². The van der Waals surface area contributed by atoms with Crippen molar-refractivity contribution in [2.24, 2.45) is 0 Å². The maximum absolute atomic E-state index is 6.45. The van der Waals surface area contributed by atoms with Gasteiger partial charge >= 0.3 is 0 Å². The lowest BCUT2D eigenvalue weighted by Gasteiger charge is -1.95. The first-order valence-corrected chi connectivity index (χ1v) is 9.17. The number of rotatable bonds is 4. The number of hydrogen-bond acceptors (Lipinski definition) is 5. The highest BCUT2D eigenvalue weighted by molar-refractivity contribution is 7.98. The van der Waals surface area contributed by atoms with Gasteiger partial charge < -0.3 is 4.42 Å². The van der Waals surface area contributed by atoms with E-state index in [1.807, 2.05) is 48.5 Å². The molecule has 2 aromatic carbocycles. The van der Waals surface area contributed by atoms with E-state index in [0.717, 1.165) is 20.8 Å². The lowest BCUT2D eigenvalue weighted by atomic mass is 10.2. The molecule has 114 valence electrons. The second kappa shape index (κ2) is 6.35. The van der Waals surface area contributed by atoms with Crippen LogP contribution in [0.4, 0.5) is 0 Å². The van der Waals surface area contributed by atoms with Gasteiger partial charge in [0.1, 0.15) is 0 Å². The Hall–Kier alpha value is -1.82. The molecule has 0 N–H and O–H groups in total. The summed E-state index contributed by atoms with van der Waals surface area (Å²) < 4.78 is 6.91. The molecular formula is C17H11ClN2OS2. The fourth-order valence-electron chi connectivity index (χ4n) is 2.25. The maximum Gasteiger partial charge on any atom is 0.277 e. The first kappa shape index (κ1) is 14.8. The summed E-state index contributed by atoms with van der Waals surface area (Å²) in [7, 11) is 0. The topological polar surface area (TPSA) is 38.9 Å². The maximum atomic E-state index is 6.45. The predicted octanol–water partition coefficient (Wildman–Crippen LogP) is 5.90. The van der Waals surface area contributed by atoms with E-state index in [1.165, 1.54) is 16.5 Å². The molecule has 0 amide bonds. The Morgan fingerprint density at radius 2 is 1.78 bits per heavy atom. The third kappa shape index (κ3) is 3.00. The molecule has 0 aliphatic heterocycles. The van der Waals surface area contributed by atoms with Crippen molar-refractivity contribution < 1.29 is 4.42 Å². The Kier molecular flexibility index (Phi) is 4.08. The zero-order chi connectivity index (χ0) is 15.6. The predicted molar refractivity (Wildman–Crippen MR) is 96.1 cm³/mol. The summed E-state index contributed by atoms with van der Waals surface area (Å²) in [5, 5.41) is 10.7. The first-order chi connectivity index (χ1) is 11.3. The highest BCUT2D eigenvalue weighted by Gasteiger charge is 2.13. The van der Waals surface area contributed by atoms with Crippen molar-refractivity contribution in [1.82, 2.24) is 10.2 Å². The van der Waals surface area contributed by atoms with Crippen molar-refractivity contribution in [1.29, 1.82) is 0 Å². The van der Waals surface area contributed by atoms with Gasteiger partial charge in [0.05, 0.1) is 5.02 Å². The minimum atomic E-state index is 0.538. The number of hydrogen-bond donors (Lipinski definition) is 0. The lowest BCUT2D eigenvalue weighted by Crippen LogP contribution is -1.76. The highest BCUT2D eigenvalue weighted by Crippen LogP contribution is 2.38. The standard InChI is InChI=1S/C17H11ClN2OS2/c18-15-12-8-4-5-9-13(12)23-14(15)10-22-17-20-19-16(21-17)11-6-2-1-3-7-11/h1-9H,10H2. The van der Waals surface area contributed by atoms with Gasteiger partial charge in [0.25, 0.3) is 5.22 Å². The van der Waals surface area contributed by atoms with E-state index in [9.17, 15) is 0 Å². The molecule has 0 radical (unpaired) electrons. The van der Waals surface area contributed by atoms with Gasteiger partial charge in [-0.05, 0) is 18.2 Å². The Morgan fingerprint density at radius 1 is 1.00 bits per heavy atom. The van der Waals surface area contributed by atoms with Crippen molar-refractivity contribution in [3.8, 4) is 11.5 Å². The van der Waals surface area contributed by atoms with Gasteiger partial charge in [-0.3, -0.25) is 0 Å². The Labute approximate surface area is 146 Å². The molecule has 4 aromatic rings. The van der Waals surface area contributed by atoms with Crippen LogP contribution in [-0.2, 0) is 5.75 Å². The number of nitrogens with zero attached hydrogens (tertiary/aromatic N) is 2. The zero-order valence-corrected chi connectivity index (χ0v) is 14.3. The van der Waals surface area contributed by atoms with Gasteiger partial charge in [-0.2, -0.15) is 0 Å². The zero-order valence-electron chi connectivity index (χ0n) is 11.9. The van der Waals surface area contributed by atoms with E-state index in [2.05, 4.69) is 16.3 Å². The average molecular weight is 359 g/mol. The molecule has 0 saturated heterocycles. The number of aromatic nitrogens is 2. The van der Waals surface area contributed by atoms with Crippen molar-refractivity contribution in [3.05, 3.63) is 64.5 Å². The quantitative estimate of drug-likeness (QED) is 0.426. The smallest absolute Gasteiger partial charge is 0.277 e. The number of fused-ring (bicyclic) bond motifs is 1. The highest BCUT2D eigenvalue weighted by atomic mass is 35.5. The van der Waals surface area contributed by atoms with Gasteiger partial charge in [0, 0.05) is 26.3 Å². The molecule has 0 saturated carbocycles. The van der Waals surface area contributed by atoms with Crippen LogP contribution in [0, 0.1) is 0 Å². The number of halogens is 1. The molecule has 23 heavy (non-hydrogen) atoms. The molecule has 0 bridgehead atoms. The molecule has 0 aliphatic carbocycles. The van der Waals surface area contributed by atoms with E-state index in [-0.39, 0.29) is 0 Å². The molecule has 6 heteroatoms. The molecule has 0 fully saturated rings. The molecular weight excluding hydrogens is 348 g/mol. The largest absolute Gasteiger partial charge is 0.411 e. The minimum Gasteiger partial charge on any atom is -0.411 e. The van der Waals surface area contributed by atoms with E-state index in [0.29, 0.717) is 16.9 Å². The third-order valence-corrected chi connectivity index (χ3v) is 6.10. The first-order valence-electron chi connectivity index (χ1n) is 6.99. The molecule has 2 aromatic heterocycles. The van der Waals surface area contributed by atoms with Crippen LogP contribution in [0.1, 0.15) is 4.88 Å². The molecule has 3 nitrogen and oxygen atoms in total. The van der Waals surface area contributed by atoms with E-state index in [1.54, 1.807) is 11.3 Å². The number of benzene rings is 2. The van der Waals surface area contributed by atoms with Crippen molar-refractivity contribution in [2.75, 3.05) is 0 Å².